The standard InChI is InChI=1S/C22H18Cl2N4OS/c23-19-10-9-16(12-20(19)24)14-29-18-8-4-5-15(11-18)13-25-28-21(26-27-22(28)30)17-6-2-1-3-7-17/h1-12,25H,13-14H2,(H,27,30). The Balaban J connectivity index is 1.44. The van der Waals surface area contributed by atoms with E-state index in [1.807, 2.05) is 60.7 Å². The Morgan fingerprint density at radius 2 is 1.77 bits per heavy atom. The second-order valence-corrected chi connectivity index (χ2v) is 7.77. The number of nitrogens with zero attached hydrogens (tertiary/aromatic N) is 2. The summed E-state index contributed by atoms with van der Waals surface area (Å²) in [5.41, 5.74) is 6.29. The quantitative estimate of drug-likeness (QED) is 0.323. The molecule has 0 saturated heterocycles. The van der Waals surface area contributed by atoms with E-state index in [0.717, 1.165) is 28.3 Å². The average Bonchev–Trinajstić information content (AvgIpc) is 3.14. The summed E-state index contributed by atoms with van der Waals surface area (Å²) in [5, 5.41) is 8.21. The lowest BCUT2D eigenvalue weighted by Crippen LogP contribution is -2.16. The molecule has 0 saturated carbocycles. The molecule has 2 N–H and O–H groups in total. The molecule has 0 aliphatic rings. The summed E-state index contributed by atoms with van der Waals surface area (Å²) < 4.78 is 8.18. The Bertz CT molecular complexity index is 1210. The number of hydrogen-bond donors (Lipinski definition) is 2. The van der Waals surface area contributed by atoms with Gasteiger partial charge in [0.2, 0.25) is 4.77 Å². The molecule has 0 aliphatic carbocycles. The summed E-state index contributed by atoms with van der Waals surface area (Å²) in [6.07, 6.45) is 0. The van der Waals surface area contributed by atoms with Crippen molar-refractivity contribution in [3.63, 3.8) is 0 Å². The Morgan fingerprint density at radius 1 is 0.933 bits per heavy atom. The molecule has 1 aromatic heterocycles. The Hall–Kier alpha value is -2.80. The van der Waals surface area contributed by atoms with Crippen LogP contribution in [-0.4, -0.2) is 14.9 Å². The van der Waals surface area contributed by atoms with E-state index in [4.69, 9.17) is 40.2 Å². The lowest BCUT2D eigenvalue weighted by molar-refractivity contribution is 0.306. The lowest BCUT2D eigenvalue weighted by Gasteiger charge is -2.12. The zero-order valence-corrected chi connectivity index (χ0v) is 18.1. The van der Waals surface area contributed by atoms with E-state index in [-0.39, 0.29) is 0 Å². The van der Waals surface area contributed by atoms with Gasteiger partial charge in [0, 0.05) is 5.56 Å². The van der Waals surface area contributed by atoms with Gasteiger partial charge < -0.3 is 10.2 Å². The Kier molecular flexibility index (Phi) is 6.38. The summed E-state index contributed by atoms with van der Waals surface area (Å²) in [6.45, 7) is 0.955. The molecule has 0 atom stereocenters. The third kappa shape index (κ3) is 4.84. The van der Waals surface area contributed by atoms with Gasteiger partial charge in [-0.25, -0.2) is 9.77 Å². The summed E-state index contributed by atoms with van der Waals surface area (Å²) in [6, 6.07) is 23.2. The predicted octanol–water partition coefficient (Wildman–Crippen LogP) is 6.24. The number of benzene rings is 3. The fraction of sp³-hybridized carbons (Fsp3) is 0.0909. The molecule has 5 nitrogen and oxygen atoms in total. The van der Waals surface area contributed by atoms with Crippen LogP contribution in [0.5, 0.6) is 5.75 Å². The fourth-order valence-corrected chi connectivity index (χ4v) is 3.45. The van der Waals surface area contributed by atoms with Crippen molar-refractivity contribution in [1.82, 2.24) is 14.9 Å². The molecule has 0 amide bonds. The molecule has 4 aromatic rings. The zero-order chi connectivity index (χ0) is 20.9. The highest BCUT2D eigenvalue weighted by Gasteiger charge is 2.08. The van der Waals surface area contributed by atoms with Gasteiger partial charge in [-0.05, 0) is 47.6 Å². The number of hydrogen-bond acceptors (Lipinski definition) is 4. The molecule has 3 aromatic carbocycles. The maximum absolute atomic E-state index is 6.07. The fourth-order valence-electron chi connectivity index (χ4n) is 2.94. The second-order valence-electron chi connectivity index (χ2n) is 6.57. The maximum Gasteiger partial charge on any atom is 0.214 e. The highest BCUT2D eigenvalue weighted by atomic mass is 35.5. The van der Waals surface area contributed by atoms with E-state index in [1.54, 1.807) is 16.8 Å². The van der Waals surface area contributed by atoms with E-state index in [1.165, 1.54) is 0 Å². The number of ether oxygens (including phenoxy) is 1. The van der Waals surface area contributed by atoms with Gasteiger partial charge in [-0.2, -0.15) is 5.10 Å². The maximum atomic E-state index is 6.07. The number of aromatic amines is 1. The van der Waals surface area contributed by atoms with Crippen LogP contribution in [0.25, 0.3) is 11.4 Å². The van der Waals surface area contributed by atoms with Crippen molar-refractivity contribution in [2.45, 2.75) is 13.2 Å². The van der Waals surface area contributed by atoms with E-state index in [0.29, 0.717) is 28.0 Å². The monoisotopic (exact) mass is 456 g/mol. The van der Waals surface area contributed by atoms with Crippen molar-refractivity contribution in [1.29, 1.82) is 0 Å². The normalized spacial score (nSPS) is 10.7. The molecular weight excluding hydrogens is 439 g/mol. The van der Waals surface area contributed by atoms with Crippen LogP contribution in [0, 0.1) is 4.77 Å². The molecule has 0 fully saturated rings. The van der Waals surface area contributed by atoms with Gasteiger partial charge in [0.05, 0.1) is 16.6 Å². The van der Waals surface area contributed by atoms with Crippen LogP contribution in [-0.2, 0) is 13.2 Å². The lowest BCUT2D eigenvalue weighted by atomic mass is 10.2. The van der Waals surface area contributed by atoms with Gasteiger partial charge in [-0.15, -0.1) is 0 Å². The van der Waals surface area contributed by atoms with E-state index >= 15 is 0 Å². The van der Waals surface area contributed by atoms with Crippen molar-refractivity contribution in [3.05, 3.63) is 98.7 Å². The van der Waals surface area contributed by atoms with Gasteiger partial charge in [-0.1, -0.05) is 71.7 Å². The zero-order valence-electron chi connectivity index (χ0n) is 15.8. The highest BCUT2D eigenvalue weighted by Crippen LogP contribution is 2.24. The molecule has 0 radical (unpaired) electrons. The smallest absolute Gasteiger partial charge is 0.214 e. The number of halogens is 2. The molecule has 152 valence electrons. The van der Waals surface area contributed by atoms with Gasteiger partial charge in [0.25, 0.3) is 0 Å². The molecule has 0 aliphatic heterocycles. The summed E-state index contributed by atoms with van der Waals surface area (Å²) in [5.74, 6) is 1.49. The molecular formula is C22H18Cl2N4OS. The van der Waals surface area contributed by atoms with Crippen LogP contribution in [0.15, 0.2) is 72.8 Å². The van der Waals surface area contributed by atoms with E-state index in [2.05, 4.69) is 15.6 Å². The molecule has 4 rings (SSSR count). The topological polar surface area (TPSA) is 54.9 Å². The van der Waals surface area contributed by atoms with Crippen LogP contribution in [0.4, 0.5) is 0 Å². The summed E-state index contributed by atoms with van der Waals surface area (Å²) >= 11 is 17.4. The van der Waals surface area contributed by atoms with Crippen LogP contribution in [0.3, 0.4) is 0 Å². The van der Waals surface area contributed by atoms with Crippen molar-refractivity contribution in [3.8, 4) is 17.1 Å². The molecule has 0 bridgehead atoms. The summed E-state index contributed by atoms with van der Waals surface area (Å²) in [4.78, 5) is 0. The van der Waals surface area contributed by atoms with Crippen molar-refractivity contribution in [2.75, 3.05) is 5.43 Å². The van der Waals surface area contributed by atoms with E-state index in [9.17, 15) is 0 Å². The predicted molar refractivity (Wildman–Crippen MR) is 123 cm³/mol. The van der Waals surface area contributed by atoms with Crippen LogP contribution in [0.2, 0.25) is 10.0 Å². The number of H-pyrrole nitrogens is 1. The number of aromatic nitrogens is 3. The minimum absolute atomic E-state index is 0.402. The first kappa shape index (κ1) is 20.5. The molecule has 1 heterocycles. The first-order valence-corrected chi connectivity index (χ1v) is 10.4. The first-order chi connectivity index (χ1) is 14.6. The third-order valence-corrected chi connectivity index (χ3v) is 5.45. The van der Waals surface area contributed by atoms with Crippen LogP contribution < -0.4 is 10.2 Å². The minimum atomic E-state index is 0.402. The summed E-state index contributed by atoms with van der Waals surface area (Å²) in [7, 11) is 0. The van der Waals surface area contributed by atoms with Gasteiger partial charge in [-0.3, -0.25) is 0 Å². The van der Waals surface area contributed by atoms with Crippen molar-refractivity contribution < 1.29 is 4.74 Å². The average molecular weight is 457 g/mol. The van der Waals surface area contributed by atoms with Gasteiger partial charge >= 0.3 is 0 Å². The Morgan fingerprint density at radius 3 is 2.57 bits per heavy atom. The number of nitrogens with one attached hydrogen (secondary N) is 2. The third-order valence-electron chi connectivity index (χ3n) is 4.43. The first-order valence-electron chi connectivity index (χ1n) is 9.22. The second kappa shape index (κ2) is 9.34. The molecule has 0 spiro atoms. The Labute approximate surface area is 189 Å². The van der Waals surface area contributed by atoms with Crippen LogP contribution >= 0.6 is 35.4 Å². The van der Waals surface area contributed by atoms with Gasteiger partial charge in [0.1, 0.15) is 12.4 Å². The van der Waals surface area contributed by atoms with Gasteiger partial charge in [0.15, 0.2) is 5.82 Å². The largest absolute Gasteiger partial charge is 0.489 e. The molecule has 8 heteroatoms. The SMILES string of the molecule is S=c1[nH]nc(-c2ccccc2)n1NCc1cccc(OCc2ccc(Cl)c(Cl)c2)c1. The molecule has 30 heavy (non-hydrogen) atoms. The highest BCUT2D eigenvalue weighted by molar-refractivity contribution is 7.71. The van der Waals surface area contributed by atoms with Crippen molar-refractivity contribution in [2.24, 2.45) is 0 Å². The molecule has 0 unspecified atom stereocenters. The minimum Gasteiger partial charge on any atom is -0.489 e. The number of rotatable bonds is 7. The van der Waals surface area contributed by atoms with Crippen molar-refractivity contribution >= 4 is 35.4 Å². The van der Waals surface area contributed by atoms with E-state index < -0.39 is 0 Å². The van der Waals surface area contributed by atoms with Crippen LogP contribution in [0.1, 0.15) is 11.1 Å².